The second kappa shape index (κ2) is 3.63. The van der Waals surface area contributed by atoms with Crippen molar-refractivity contribution >= 4 is 0 Å². The van der Waals surface area contributed by atoms with E-state index in [1.54, 1.807) is 0 Å². The Morgan fingerprint density at radius 2 is 2.07 bits per heavy atom. The molecule has 0 amide bonds. The largest absolute Gasteiger partial charge is 0.332 e. The second-order valence-corrected chi connectivity index (χ2v) is 5.35. The van der Waals surface area contributed by atoms with Crippen LogP contribution in [0, 0.1) is 0 Å². The van der Waals surface area contributed by atoms with Crippen LogP contribution in [-0.2, 0) is 18.5 Å². The molecule has 2 heterocycles. The average Bonchev–Trinajstić information content (AvgIpc) is 2.59. The van der Waals surface area contributed by atoms with Crippen molar-refractivity contribution < 1.29 is 0 Å². The van der Waals surface area contributed by atoms with Crippen molar-refractivity contribution in [3.8, 4) is 0 Å². The number of fused-ring (bicyclic) bond motifs is 1. The van der Waals surface area contributed by atoms with E-state index in [-0.39, 0.29) is 5.41 Å². The van der Waals surface area contributed by atoms with Gasteiger partial charge in [0.25, 0.3) is 0 Å². The van der Waals surface area contributed by atoms with E-state index in [1.165, 1.54) is 11.4 Å². The third-order valence-electron chi connectivity index (χ3n) is 3.13. The van der Waals surface area contributed by atoms with Crippen LogP contribution in [0.15, 0.2) is 6.33 Å². The summed E-state index contributed by atoms with van der Waals surface area (Å²) in [7, 11) is 0. The number of aromatic nitrogens is 2. The van der Waals surface area contributed by atoms with Crippen LogP contribution in [0.25, 0.3) is 0 Å². The number of nitrogens with zero attached hydrogens (tertiary/aromatic N) is 3. The lowest BCUT2D eigenvalue weighted by Crippen LogP contribution is -2.34. The quantitative estimate of drug-likeness (QED) is 0.702. The van der Waals surface area contributed by atoms with Gasteiger partial charge in [-0.3, -0.25) is 4.90 Å². The molecule has 0 N–H and O–H groups in total. The highest BCUT2D eigenvalue weighted by Gasteiger charge is 2.26. The highest BCUT2D eigenvalue weighted by molar-refractivity contribution is 5.22. The molecule has 3 heteroatoms. The summed E-state index contributed by atoms with van der Waals surface area (Å²) in [5.41, 5.74) is 2.84. The Morgan fingerprint density at radius 3 is 2.67 bits per heavy atom. The van der Waals surface area contributed by atoms with Crippen molar-refractivity contribution in [3.63, 3.8) is 0 Å². The van der Waals surface area contributed by atoms with E-state index in [0.29, 0.717) is 0 Å². The van der Waals surface area contributed by atoms with Crippen LogP contribution in [0.3, 0.4) is 0 Å². The standard InChI is InChI=1S/C12H21N3/c1-5-14-6-7-15-9-13-11(10(15)8-14)12(2,3)4/h9H,5-8H2,1-4H3. The lowest BCUT2D eigenvalue weighted by atomic mass is 9.90. The van der Waals surface area contributed by atoms with Gasteiger partial charge in [0.05, 0.1) is 17.7 Å². The molecule has 15 heavy (non-hydrogen) atoms. The zero-order valence-corrected chi connectivity index (χ0v) is 10.2. The van der Waals surface area contributed by atoms with Crippen molar-refractivity contribution in [3.05, 3.63) is 17.7 Å². The molecule has 0 unspecified atom stereocenters. The lowest BCUT2D eigenvalue weighted by molar-refractivity contribution is 0.230. The lowest BCUT2D eigenvalue weighted by Gasteiger charge is -2.29. The zero-order chi connectivity index (χ0) is 11.1. The summed E-state index contributed by atoms with van der Waals surface area (Å²) < 4.78 is 2.31. The molecule has 1 aromatic rings. The Hall–Kier alpha value is -0.830. The van der Waals surface area contributed by atoms with Gasteiger partial charge < -0.3 is 4.57 Å². The van der Waals surface area contributed by atoms with Crippen molar-refractivity contribution in [2.45, 2.75) is 46.2 Å². The first-order chi connectivity index (χ1) is 7.02. The van der Waals surface area contributed by atoms with Gasteiger partial charge in [-0.05, 0) is 6.54 Å². The topological polar surface area (TPSA) is 21.1 Å². The van der Waals surface area contributed by atoms with Crippen LogP contribution >= 0.6 is 0 Å². The molecule has 0 spiro atoms. The minimum absolute atomic E-state index is 0.164. The van der Waals surface area contributed by atoms with Crippen LogP contribution in [0.5, 0.6) is 0 Å². The number of rotatable bonds is 1. The first-order valence-corrected chi connectivity index (χ1v) is 5.79. The SMILES string of the molecule is CCN1CCn2cnc(C(C)(C)C)c2C1. The number of hydrogen-bond donors (Lipinski definition) is 0. The van der Waals surface area contributed by atoms with Gasteiger partial charge in [-0.1, -0.05) is 27.7 Å². The molecule has 0 radical (unpaired) electrons. The fourth-order valence-corrected chi connectivity index (χ4v) is 2.20. The zero-order valence-electron chi connectivity index (χ0n) is 10.2. The van der Waals surface area contributed by atoms with Gasteiger partial charge in [0, 0.05) is 25.0 Å². The van der Waals surface area contributed by atoms with E-state index in [0.717, 1.165) is 26.2 Å². The van der Waals surface area contributed by atoms with Gasteiger partial charge >= 0.3 is 0 Å². The van der Waals surface area contributed by atoms with Gasteiger partial charge in [0.15, 0.2) is 0 Å². The van der Waals surface area contributed by atoms with Crippen LogP contribution in [0.1, 0.15) is 39.1 Å². The van der Waals surface area contributed by atoms with Crippen LogP contribution < -0.4 is 0 Å². The normalized spacial score (nSPS) is 17.9. The molecule has 0 atom stereocenters. The Balaban J connectivity index is 2.34. The van der Waals surface area contributed by atoms with Gasteiger partial charge in [-0.25, -0.2) is 4.98 Å². The van der Waals surface area contributed by atoms with Crippen molar-refractivity contribution in [2.75, 3.05) is 13.1 Å². The molecule has 0 saturated heterocycles. The number of imidazole rings is 1. The van der Waals surface area contributed by atoms with Crippen molar-refractivity contribution in [2.24, 2.45) is 0 Å². The number of likely N-dealkylation sites (N-methyl/N-ethyl adjacent to an activating group) is 1. The molecule has 0 aliphatic carbocycles. The molecule has 2 rings (SSSR count). The summed E-state index contributed by atoms with van der Waals surface area (Å²) in [5.74, 6) is 0. The predicted molar refractivity (Wildman–Crippen MR) is 61.9 cm³/mol. The van der Waals surface area contributed by atoms with Gasteiger partial charge in [0.1, 0.15) is 0 Å². The summed E-state index contributed by atoms with van der Waals surface area (Å²) in [4.78, 5) is 7.05. The van der Waals surface area contributed by atoms with E-state index < -0.39 is 0 Å². The third-order valence-corrected chi connectivity index (χ3v) is 3.13. The molecule has 0 aromatic carbocycles. The maximum absolute atomic E-state index is 4.57. The summed E-state index contributed by atoms with van der Waals surface area (Å²) in [5, 5.41) is 0. The van der Waals surface area contributed by atoms with Gasteiger partial charge in [-0.15, -0.1) is 0 Å². The Morgan fingerprint density at radius 1 is 1.33 bits per heavy atom. The second-order valence-electron chi connectivity index (χ2n) is 5.35. The van der Waals surface area contributed by atoms with E-state index in [2.05, 4.69) is 42.1 Å². The Kier molecular flexibility index (Phi) is 2.59. The molecule has 0 bridgehead atoms. The van der Waals surface area contributed by atoms with E-state index in [1.807, 2.05) is 6.33 Å². The summed E-state index contributed by atoms with van der Waals surface area (Å²) in [6.07, 6.45) is 2.00. The smallest absolute Gasteiger partial charge is 0.0952 e. The molecular formula is C12H21N3. The molecule has 1 aromatic heterocycles. The van der Waals surface area contributed by atoms with E-state index in [4.69, 9.17) is 0 Å². The molecule has 0 saturated carbocycles. The summed E-state index contributed by atoms with van der Waals surface area (Å²) in [6, 6.07) is 0. The van der Waals surface area contributed by atoms with Crippen LogP contribution in [0.2, 0.25) is 0 Å². The average molecular weight is 207 g/mol. The van der Waals surface area contributed by atoms with Crippen LogP contribution in [-0.4, -0.2) is 27.5 Å². The fraction of sp³-hybridized carbons (Fsp3) is 0.750. The fourth-order valence-electron chi connectivity index (χ4n) is 2.20. The highest BCUT2D eigenvalue weighted by Crippen LogP contribution is 2.26. The van der Waals surface area contributed by atoms with Crippen LogP contribution in [0.4, 0.5) is 0 Å². The molecule has 3 nitrogen and oxygen atoms in total. The molecular weight excluding hydrogens is 186 g/mol. The molecule has 84 valence electrons. The monoisotopic (exact) mass is 207 g/mol. The first-order valence-electron chi connectivity index (χ1n) is 5.79. The van der Waals surface area contributed by atoms with Crippen molar-refractivity contribution in [1.29, 1.82) is 0 Å². The van der Waals surface area contributed by atoms with E-state index >= 15 is 0 Å². The molecule has 1 aliphatic heterocycles. The predicted octanol–water partition coefficient (Wildman–Crippen LogP) is 2.02. The molecule has 1 aliphatic rings. The highest BCUT2D eigenvalue weighted by atomic mass is 15.2. The summed E-state index contributed by atoms with van der Waals surface area (Å²) >= 11 is 0. The minimum Gasteiger partial charge on any atom is -0.332 e. The summed E-state index contributed by atoms with van der Waals surface area (Å²) in [6.45, 7) is 13.4. The Labute approximate surface area is 92.1 Å². The van der Waals surface area contributed by atoms with Gasteiger partial charge in [-0.2, -0.15) is 0 Å². The van der Waals surface area contributed by atoms with Gasteiger partial charge in [0.2, 0.25) is 0 Å². The minimum atomic E-state index is 0.164. The maximum Gasteiger partial charge on any atom is 0.0952 e. The number of hydrogen-bond acceptors (Lipinski definition) is 2. The van der Waals surface area contributed by atoms with E-state index in [9.17, 15) is 0 Å². The molecule has 0 fully saturated rings. The Bertz CT molecular complexity index is 346. The third kappa shape index (κ3) is 1.93. The maximum atomic E-state index is 4.57. The first kappa shape index (κ1) is 10.7. The van der Waals surface area contributed by atoms with Crippen molar-refractivity contribution in [1.82, 2.24) is 14.5 Å².